The van der Waals surface area contributed by atoms with Gasteiger partial charge in [-0.25, -0.2) is 4.39 Å². The van der Waals surface area contributed by atoms with Crippen molar-refractivity contribution in [2.75, 3.05) is 5.32 Å². The summed E-state index contributed by atoms with van der Waals surface area (Å²) >= 11 is 0. The molecule has 1 aliphatic rings. The second kappa shape index (κ2) is 8.13. The van der Waals surface area contributed by atoms with Crippen molar-refractivity contribution in [3.8, 4) is 0 Å². The summed E-state index contributed by atoms with van der Waals surface area (Å²) in [6.45, 7) is 5.36. The molecule has 1 amide bonds. The zero-order chi connectivity index (χ0) is 20.3. The first-order valence-corrected chi connectivity index (χ1v) is 9.68. The van der Waals surface area contributed by atoms with Gasteiger partial charge in [0.15, 0.2) is 6.10 Å². The lowest BCUT2D eigenvalue weighted by Gasteiger charge is -2.29. The fraction of sp³-hybridized carbons (Fsp3) is 0.391. The number of amides is 1. The summed E-state index contributed by atoms with van der Waals surface area (Å²) in [5, 5.41) is 2.85. The minimum absolute atomic E-state index is 0.361. The van der Waals surface area contributed by atoms with Crippen molar-refractivity contribution in [2.45, 2.75) is 58.0 Å². The fourth-order valence-corrected chi connectivity index (χ4v) is 3.97. The number of aryl methyl sites for hydroxylation is 2. The van der Waals surface area contributed by atoms with E-state index in [1.54, 1.807) is 25.1 Å². The molecule has 3 rings (SSSR count). The highest BCUT2D eigenvalue weighted by atomic mass is 19.1. The number of carbonyl (C=O) groups is 2. The average Bonchev–Trinajstić information content (AvgIpc) is 3.16. The topological polar surface area (TPSA) is 55.4 Å². The highest BCUT2D eigenvalue weighted by Gasteiger charge is 2.46. The van der Waals surface area contributed by atoms with Crippen molar-refractivity contribution in [1.82, 2.24) is 0 Å². The monoisotopic (exact) mass is 383 g/mol. The van der Waals surface area contributed by atoms with E-state index < -0.39 is 29.2 Å². The number of esters is 1. The van der Waals surface area contributed by atoms with E-state index in [4.69, 9.17) is 4.74 Å². The lowest BCUT2D eigenvalue weighted by Crippen LogP contribution is -2.40. The van der Waals surface area contributed by atoms with Crippen LogP contribution in [0.4, 0.5) is 10.1 Å². The summed E-state index contributed by atoms with van der Waals surface area (Å²) in [6, 6.07) is 12.1. The van der Waals surface area contributed by atoms with Crippen LogP contribution >= 0.6 is 0 Å². The molecule has 5 heteroatoms. The van der Waals surface area contributed by atoms with Crippen LogP contribution in [0.5, 0.6) is 0 Å². The Labute approximate surface area is 165 Å². The predicted molar refractivity (Wildman–Crippen MR) is 107 cm³/mol. The number of benzene rings is 2. The Bertz CT molecular complexity index is 867. The van der Waals surface area contributed by atoms with E-state index in [1.807, 2.05) is 32.0 Å². The smallest absolute Gasteiger partial charge is 0.317 e. The number of hydrogen-bond donors (Lipinski definition) is 1. The fourth-order valence-electron chi connectivity index (χ4n) is 3.97. The molecule has 2 aromatic rings. The van der Waals surface area contributed by atoms with Gasteiger partial charge < -0.3 is 10.1 Å². The van der Waals surface area contributed by atoms with Gasteiger partial charge in [0.1, 0.15) is 5.82 Å². The third-order valence-electron chi connectivity index (χ3n) is 5.62. The van der Waals surface area contributed by atoms with Crippen molar-refractivity contribution >= 4 is 17.6 Å². The maximum absolute atomic E-state index is 14.4. The van der Waals surface area contributed by atoms with Crippen LogP contribution in [-0.2, 0) is 19.7 Å². The van der Waals surface area contributed by atoms with Crippen LogP contribution in [0.2, 0.25) is 0 Å². The lowest BCUT2D eigenvalue weighted by atomic mass is 9.78. The zero-order valence-electron chi connectivity index (χ0n) is 16.5. The summed E-state index contributed by atoms with van der Waals surface area (Å²) in [5.41, 5.74) is 1.94. The van der Waals surface area contributed by atoms with Gasteiger partial charge >= 0.3 is 5.97 Å². The highest BCUT2D eigenvalue weighted by molar-refractivity contribution is 5.97. The van der Waals surface area contributed by atoms with Crippen LogP contribution in [-0.4, -0.2) is 18.0 Å². The first-order valence-electron chi connectivity index (χ1n) is 9.68. The molecule has 1 saturated carbocycles. The number of carbonyl (C=O) groups excluding carboxylic acids is 2. The molecular formula is C23H26FNO3. The van der Waals surface area contributed by atoms with E-state index in [0.29, 0.717) is 18.4 Å². The molecule has 0 heterocycles. The van der Waals surface area contributed by atoms with E-state index in [-0.39, 0.29) is 0 Å². The number of hydrogen-bond acceptors (Lipinski definition) is 3. The quantitative estimate of drug-likeness (QED) is 0.753. The van der Waals surface area contributed by atoms with E-state index in [2.05, 4.69) is 5.32 Å². The normalized spacial score (nSPS) is 16.4. The molecule has 1 aliphatic carbocycles. The standard InChI is InChI=1S/C23H26FNO3/c1-15-9-8-10-16(2)20(15)25-21(26)17(3)28-22(27)23(13-6-7-14-23)18-11-4-5-12-19(18)24/h4-5,8-12,17H,6-7,13-14H2,1-3H3,(H,25,26)/t17-/m0/s1. The van der Waals surface area contributed by atoms with Crippen LogP contribution in [0.3, 0.4) is 0 Å². The van der Waals surface area contributed by atoms with Crippen molar-refractivity contribution in [1.29, 1.82) is 0 Å². The predicted octanol–water partition coefficient (Wildman–Crippen LogP) is 4.82. The zero-order valence-corrected chi connectivity index (χ0v) is 16.5. The Morgan fingerprint density at radius 2 is 1.64 bits per heavy atom. The van der Waals surface area contributed by atoms with E-state index >= 15 is 0 Å². The Morgan fingerprint density at radius 1 is 1.04 bits per heavy atom. The number of para-hydroxylation sites is 1. The van der Waals surface area contributed by atoms with Gasteiger partial charge in [-0.05, 0) is 50.8 Å². The number of halogens is 1. The van der Waals surface area contributed by atoms with Gasteiger partial charge in [-0.2, -0.15) is 0 Å². The lowest BCUT2D eigenvalue weighted by molar-refractivity contribution is -0.159. The Morgan fingerprint density at radius 3 is 2.25 bits per heavy atom. The summed E-state index contributed by atoms with van der Waals surface area (Å²) in [5.74, 6) is -1.33. The van der Waals surface area contributed by atoms with Crippen molar-refractivity contribution in [3.63, 3.8) is 0 Å². The molecule has 0 radical (unpaired) electrons. The van der Waals surface area contributed by atoms with E-state index in [0.717, 1.165) is 29.7 Å². The van der Waals surface area contributed by atoms with Crippen molar-refractivity contribution in [3.05, 3.63) is 65.0 Å². The van der Waals surface area contributed by atoms with Gasteiger partial charge in [0, 0.05) is 11.3 Å². The molecule has 0 aromatic heterocycles. The molecule has 2 aromatic carbocycles. The SMILES string of the molecule is Cc1cccc(C)c1NC(=O)[C@H](C)OC(=O)C1(c2ccccc2F)CCCC1. The van der Waals surface area contributed by atoms with E-state index in [1.165, 1.54) is 6.07 Å². The molecule has 28 heavy (non-hydrogen) atoms. The first kappa shape index (κ1) is 20.1. The Balaban J connectivity index is 1.77. The molecule has 0 spiro atoms. The molecule has 0 saturated heterocycles. The summed E-state index contributed by atoms with van der Waals surface area (Å²) in [7, 11) is 0. The summed E-state index contributed by atoms with van der Waals surface area (Å²) in [4.78, 5) is 25.7. The third-order valence-corrected chi connectivity index (χ3v) is 5.62. The second-order valence-electron chi connectivity index (χ2n) is 7.57. The van der Waals surface area contributed by atoms with E-state index in [9.17, 15) is 14.0 Å². The number of nitrogens with one attached hydrogen (secondary N) is 1. The minimum Gasteiger partial charge on any atom is -0.452 e. The number of anilines is 1. The first-order chi connectivity index (χ1) is 13.3. The largest absolute Gasteiger partial charge is 0.452 e. The van der Waals surface area contributed by atoms with Gasteiger partial charge in [-0.1, -0.05) is 49.2 Å². The summed E-state index contributed by atoms with van der Waals surface area (Å²) < 4.78 is 20.0. The van der Waals surface area contributed by atoms with Crippen LogP contribution < -0.4 is 5.32 Å². The average molecular weight is 383 g/mol. The molecule has 148 valence electrons. The third kappa shape index (κ3) is 3.79. The maximum Gasteiger partial charge on any atom is 0.317 e. The number of rotatable bonds is 5. The van der Waals surface area contributed by atoms with Gasteiger partial charge in [-0.3, -0.25) is 9.59 Å². The molecule has 1 fully saturated rings. The van der Waals surface area contributed by atoms with Crippen LogP contribution in [0.1, 0.15) is 49.3 Å². The van der Waals surface area contributed by atoms with Crippen LogP contribution in [0.15, 0.2) is 42.5 Å². The maximum atomic E-state index is 14.4. The number of ether oxygens (including phenoxy) is 1. The Hall–Kier alpha value is -2.69. The molecule has 1 atom stereocenters. The molecule has 0 unspecified atom stereocenters. The Kier molecular flexibility index (Phi) is 5.82. The van der Waals surface area contributed by atoms with Gasteiger partial charge in [0.05, 0.1) is 5.41 Å². The second-order valence-corrected chi connectivity index (χ2v) is 7.57. The van der Waals surface area contributed by atoms with Gasteiger partial charge in [0.25, 0.3) is 5.91 Å². The van der Waals surface area contributed by atoms with Crippen molar-refractivity contribution in [2.24, 2.45) is 0 Å². The minimum atomic E-state index is -1.02. The summed E-state index contributed by atoms with van der Waals surface area (Å²) in [6.07, 6.45) is 1.73. The highest BCUT2D eigenvalue weighted by Crippen LogP contribution is 2.43. The molecule has 0 bridgehead atoms. The van der Waals surface area contributed by atoms with Crippen molar-refractivity contribution < 1.29 is 18.7 Å². The van der Waals surface area contributed by atoms with Crippen LogP contribution in [0.25, 0.3) is 0 Å². The van der Waals surface area contributed by atoms with Gasteiger partial charge in [0.2, 0.25) is 0 Å². The molecule has 1 N–H and O–H groups in total. The molecule has 4 nitrogen and oxygen atoms in total. The molecule has 0 aliphatic heterocycles. The molecular weight excluding hydrogens is 357 g/mol. The van der Waals surface area contributed by atoms with Gasteiger partial charge in [-0.15, -0.1) is 0 Å². The van der Waals surface area contributed by atoms with Crippen LogP contribution in [0, 0.1) is 19.7 Å².